The van der Waals surface area contributed by atoms with E-state index < -0.39 is 72.2 Å². The zero-order valence-electron chi connectivity index (χ0n) is 18.5. The smallest absolute Gasteiger partial charge is 0.326 e. The van der Waals surface area contributed by atoms with Crippen molar-refractivity contribution in [2.45, 2.75) is 77.7 Å². The van der Waals surface area contributed by atoms with Gasteiger partial charge < -0.3 is 37.6 Å². The summed E-state index contributed by atoms with van der Waals surface area (Å²) in [5.41, 5.74) is 10.6. The number of carbonyl (C=O) groups is 5. The lowest BCUT2D eigenvalue weighted by Gasteiger charge is -2.27. The molecule has 0 aromatic rings. The van der Waals surface area contributed by atoms with Crippen LogP contribution in [-0.2, 0) is 24.0 Å². The van der Waals surface area contributed by atoms with E-state index in [1.807, 2.05) is 0 Å². The van der Waals surface area contributed by atoms with E-state index in [9.17, 15) is 34.2 Å². The van der Waals surface area contributed by atoms with E-state index in [4.69, 9.17) is 11.5 Å². The van der Waals surface area contributed by atoms with Crippen LogP contribution in [-0.4, -0.2) is 70.1 Å². The van der Waals surface area contributed by atoms with Crippen molar-refractivity contribution in [1.29, 1.82) is 0 Å². The molecule has 31 heavy (non-hydrogen) atoms. The number of aliphatic carboxylic acids is 1. The van der Waals surface area contributed by atoms with Gasteiger partial charge in [0.25, 0.3) is 0 Å². The Morgan fingerprint density at radius 1 is 0.839 bits per heavy atom. The van der Waals surface area contributed by atoms with Gasteiger partial charge in [-0.25, -0.2) is 4.79 Å². The highest BCUT2D eigenvalue weighted by molar-refractivity contribution is 5.95. The largest absolute Gasteiger partial charge is 0.480 e. The highest BCUT2D eigenvalue weighted by Crippen LogP contribution is 2.08. The lowest BCUT2D eigenvalue weighted by atomic mass is 10.0. The normalized spacial score (nSPS) is 16.0. The number of carboxylic acids is 1. The van der Waals surface area contributed by atoms with Gasteiger partial charge in [-0.2, -0.15) is 0 Å². The molecule has 0 spiro atoms. The van der Waals surface area contributed by atoms with Crippen molar-refractivity contribution in [3.8, 4) is 0 Å². The van der Waals surface area contributed by atoms with Gasteiger partial charge in [0, 0.05) is 0 Å². The van der Waals surface area contributed by atoms with E-state index in [1.165, 1.54) is 6.92 Å². The van der Waals surface area contributed by atoms with Crippen LogP contribution in [0, 0.1) is 11.8 Å². The van der Waals surface area contributed by atoms with Crippen LogP contribution in [0.2, 0.25) is 0 Å². The molecule has 0 saturated carbocycles. The third-order valence-electron chi connectivity index (χ3n) is 4.39. The van der Waals surface area contributed by atoms with E-state index >= 15 is 0 Å². The van der Waals surface area contributed by atoms with Crippen LogP contribution in [0.1, 0.15) is 47.5 Å². The predicted molar refractivity (Wildman–Crippen MR) is 111 cm³/mol. The Kier molecular flexibility index (Phi) is 11.7. The molecule has 0 aliphatic carbocycles. The van der Waals surface area contributed by atoms with Crippen LogP contribution in [0.4, 0.5) is 0 Å². The maximum atomic E-state index is 12.8. The zero-order chi connectivity index (χ0) is 24.5. The molecule has 0 radical (unpaired) electrons. The number of hydrogen-bond donors (Lipinski definition) is 7. The number of amides is 4. The third-order valence-corrected chi connectivity index (χ3v) is 4.39. The van der Waals surface area contributed by atoms with Crippen molar-refractivity contribution in [2.24, 2.45) is 23.3 Å². The molecule has 9 N–H and O–H groups in total. The maximum absolute atomic E-state index is 12.8. The topological polar surface area (TPSA) is 214 Å². The van der Waals surface area contributed by atoms with Gasteiger partial charge in [-0.05, 0) is 25.2 Å². The van der Waals surface area contributed by atoms with Crippen LogP contribution in [0.25, 0.3) is 0 Å². The van der Waals surface area contributed by atoms with E-state index in [0.29, 0.717) is 0 Å². The molecule has 0 aromatic heterocycles. The fourth-order valence-electron chi connectivity index (χ4n) is 2.71. The molecule has 5 unspecified atom stereocenters. The molecular formula is C19H35N5O7. The summed E-state index contributed by atoms with van der Waals surface area (Å²) in [4.78, 5) is 59.8. The Morgan fingerprint density at radius 3 is 1.74 bits per heavy atom. The number of carboxylic acid groups (broad SMARTS) is 1. The van der Waals surface area contributed by atoms with Crippen LogP contribution in [0.15, 0.2) is 0 Å². The molecule has 0 rings (SSSR count). The van der Waals surface area contributed by atoms with E-state index in [1.54, 1.807) is 27.7 Å². The van der Waals surface area contributed by atoms with Crippen molar-refractivity contribution in [2.75, 3.05) is 0 Å². The Morgan fingerprint density at radius 2 is 1.35 bits per heavy atom. The van der Waals surface area contributed by atoms with E-state index in [0.717, 1.165) is 0 Å². The van der Waals surface area contributed by atoms with Crippen LogP contribution >= 0.6 is 0 Å². The average Bonchev–Trinajstić information content (AvgIpc) is 2.61. The third kappa shape index (κ3) is 10.2. The summed E-state index contributed by atoms with van der Waals surface area (Å²) in [7, 11) is 0. The monoisotopic (exact) mass is 445 g/mol. The lowest BCUT2D eigenvalue weighted by molar-refractivity contribution is -0.144. The summed E-state index contributed by atoms with van der Waals surface area (Å²) >= 11 is 0. The van der Waals surface area contributed by atoms with Crippen molar-refractivity contribution >= 4 is 29.6 Å². The van der Waals surface area contributed by atoms with Crippen molar-refractivity contribution in [3.63, 3.8) is 0 Å². The fourth-order valence-corrected chi connectivity index (χ4v) is 2.71. The molecule has 178 valence electrons. The quantitative estimate of drug-likeness (QED) is 0.165. The Bertz CT molecular complexity index is 666. The Labute approximate surface area is 181 Å². The van der Waals surface area contributed by atoms with Gasteiger partial charge >= 0.3 is 5.97 Å². The van der Waals surface area contributed by atoms with Crippen molar-refractivity contribution in [1.82, 2.24) is 16.0 Å². The van der Waals surface area contributed by atoms with Gasteiger partial charge in [0.2, 0.25) is 23.6 Å². The first-order valence-corrected chi connectivity index (χ1v) is 10.0. The molecular weight excluding hydrogens is 410 g/mol. The maximum Gasteiger partial charge on any atom is 0.326 e. The number of nitrogens with one attached hydrogen (secondary N) is 3. The van der Waals surface area contributed by atoms with Crippen molar-refractivity contribution in [3.05, 3.63) is 0 Å². The molecule has 0 saturated heterocycles. The molecule has 0 fully saturated rings. The van der Waals surface area contributed by atoms with Gasteiger partial charge in [0.15, 0.2) is 0 Å². The van der Waals surface area contributed by atoms with Gasteiger partial charge in [0.1, 0.15) is 18.1 Å². The zero-order valence-corrected chi connectivity index (χ0v) is 18.5. The first-order chi connectivity index (χ1) is 14.2. The van der Waals surface area contributed by atoms with Crippen molar-refractivity contribution < 1.29 is 34.2 Å². The predicted octanol–water partition coefficient (Wildman–Crippen LogP) is -2.19. The van der Waals surface area contributed by atoms with Gasteiger partial charge in [0.05, 0.1) is 18.6 Å². The summed E-state index contributed by atoms with van der Waals surface area (Å²) in [6.07, 6.45) is -1.58. The number of rotatable bonds is 13. The lowest BCUT2D eigenvalue weighted by Crippen LogP contribution is -2.60. The molecule has 12 nitrogen and oxygen atoms in total. The average molecular weight is 446 g/mol. The van der Waals surface area contributed by atoms with Crippen LogP contribution < -0.4 is 27.4 Å². The molecule has 0 bridgehead atoms. The first kappa shape index (κ1) is 28.3. The summed E-state index contributed by atoms with van der Waals surface area (Å²) in [6, 6.07) is -5.04. The molecule has 0 aliphatic heterocycles. The second-order valence-corrected chi connectivity index (χ2v) is 8.26. The molecule has 5 atom stereocenters. The van der Waals surface area contributed by atoms with Gasteiger partial charge in [-0.1, -0.05) is 27.7 Å². The van der Waals surface area contributed by atoms with E-state index in [-0.39, 0.29) is 12.3 Å². The summed E-state index contributed by atoms with van der Waals surface area (Å²) in [6.45, 7) is 8.05. The molecule has 0 heterocycles. The molecule has 0 aliphatic rings. The Hall–Kier alpha value is -2.73. The molecule has 0 aromatic carbocycles. The number of carbonyl (C=O) groups excluding carboxylic acids is 4. The van der Waals surface area contributed by atoms with Crippen LogP contribution in [0.5, 0.6) is 0 Å². The fraction of sp³-hybridized carbons (Fsp3) is 0.737. The number of aliphatic hydroxyl groups is 1. The SMILES string of the molecule is CC(C)CC(NC(=O)C(N)CC(N)=O)C(=O)NC(C(=O)NC(C(=O)O)C(C)C)C(C)O. The second-order valence-electron chi connectivity index (χ2n) is 8.26. The number of primary amides is 1. The standard InChI is InChI=1S/C19H35N5O7/c1-8(2)6-12(22-16(27)11(20)7-13(21)26)17(28)24-15(10(5)25)18(29)23-14(9(3)4)19(30)31/h8-12,14-15,25H,6-7,20H2,1-5H3,(H2,21,26)(H,22,27)(H,23,29)(H,24,28)(H,30,31). The minimum atomic E-state index is -1.46. The number of hydrogen-bond acceptors (Lipinski definition) is 7. The number of aliphatic hydroxyl groups excluding tert-OH is 1. The van der Waals surface area contributed by atoms with Crippen LogP contribution in [0.3, 0.4) is 0 Å². The van der Waals surface area contributed by atoms with Gasteiger partial charge in [-0.15, -0.1) is 0 Å². The second kappa shape index (κ2) is 12.8. The summed E-state index contributed by atoms with van der Waals surface area (Å²) < 4.78 is 0. The first-order valence-electron chi connectivity index (χ1n) is 10.0. The minimum Gasteiger partial charge on any atom is -0.480 e. The number of nitrogens with two attached hydrogens (primary N) is 2. The highest BCUT2D eigenvalue weighted by Gasteiger charge is 2.33. The Balaban J connectivity index is 5.43. The van der Waals surface area contributed by atoms with E-state index in [2.05, 4.69) is 16.0 Å². The minimum absolute atomic E-state index is 0.0421. The summed E-state index contributed by atoms with van der Waals surface area (Å²) in [5, 5.41) is 26.3. The van der Waals surface area contributed by atoms with Gasteiger partial charge in [-0.3, -0.25) is 19.2 Å². The molecule has 4 amide bonds. The summed E-state index contributed by atoms with van der Waals surface area (Å²) in [5.74, 6) is -4.95. The molecule has 12 heteroatoms. The highest BCUT2D eigenvalue weighted by atomic mass is 16.4.